The van der Waals surface area contributed by atoms with Gasteiger partial charge in [-0.1, -0.05) is 0 Å². The van der Waals surface area contributed by atoms with Crippen LogP contribution in [0.5, 0.6) is 0 Å². The van der Waals surface area contributed by atoms with Gasteiger partial charge in [0, 0.05) is 23.8 Å². The molecule has 1 aromatic heterocycles. The number of aromatic amines is 1. The average molecular weight is 315 g/mol. The van der Waals surface area contributed by atoms with Gasteiger partial charge in [-0.15, -0.1) is 0 Å². The number of rotatable bonds is 4. The lowest BCUT2D eigenvalue weighted by molar-refractivity contribution is 0.0690. The first-order valence-corrected chi connectivity index (χ1v) is 8.34. The van der Waals surface area contributed by atoms with Gasteiger partial charge < -0.3 is 15.0 Å². The topological polar surface area (TPSA) is 102 Å². The summed E-state index contributed by atoms with van der Waals surface area (Å²) in [5, 5.41) is 9.07. The molecule has 0 saturated carbocycles. The normalized spacial score (nSPS) is 20.6. The first-order chi connectivity index (χ1) is 9.72. The Balaban J connectivity index is 2.29. The van der Waals surface area contributed by atoms with E-state index < -0.39 is 16.0 Å². The Morgan fingerprint density at radius 2 is 2.10 bits per heavy atom. The van der Waals surface area contributed by atoms with Crippen LogP contribution in [0, 0.1) is 13.8 Å². The summed E-state index contributed by atoms with van der Waals surface area (Å²) in [5.74, 6) is -1.16. The van der Waals surface area contributed by atoms with Crippen molar-refractivity contribution >= 4 is 16.0 Å². The Morgan fingerprint density at radius 1 is 1.43 bits per heavy atom. The number of hydrogen-bond acceptors (Lipinski definition) is 4. The average Bonchev–Trinajstić information content (AvgIpc) is 2.64. The quantitative estimate of drug-likeness (QED) is 0.759. The first kappa shape index (κ1) is 16.0. The number of piperidine rings is 1. The first-order valence-electron chi connectivity index (χ1n) is 6.85. The second kappa shape index (κ2) is 5.78. The van der Waals surface area contributed by atoms with E-state index in [2.05, 4.69) is 14.6 Å². The van der Waals surface area contributed by atoms with Crippen LogP contribution in [0.4, 0.5) is 0 Å². The number of nitrogens with zero attached hydrogens (tertiary/aromatic N) is 1. The molecule has 0 spiro atoms. The molecule has 3 N–H and O–H groups in total. The van der Waals surface area contributed by atoms with Crippen LogP contribution < -0.4 is 4.72 Å². The van der Waals surface area contributed by atoms with Crippen molar-refractivity contribution in [3.05, 3.63) is 17.0 Å². The van der Waals surface area contributed by atoms with Crippen LogP contribution in [-0.2, 0) is 10.0 Å². The molecule has 0 radical (unpaired) electrons. The molecule has 1 unspecified atom stereocenters. The van der Waals surface area contributed by atoms with E-state index in [9.17, 15) is 13.2 Å². The third kappa shape index (κ3) is 3.28. The molecule has 0 amide bonds. The number of aromatic nitrogens is 1. The molecule has 1 atom stereocenters. The van der Waals surface area contributed by atoms with Gasteiger partial charge in [-0.2, -0.15) is 0 Å². The number of aryl methyl sites for hydroxylation is 1. The Kier molecular flexibility index (Phi) is 4.40. The highest BCUT2D eigenvalue weighted by Crippen LogP contribution is 2.24. The lowest BCUT2D eigenvalue weighted by atomic mass is 10.1. The van der Waals surface area contributed by atoms with Gasteiger partial charge in [-0.05, 0) is 40.3 Å². The van der Waals surface area contributed by atoms with Crippen molar-refractivity contribution in [2.75, 3.05) is 20.1 Å². The molecule has 0 aromatic carbocycles. The molecule has 1 aliphatic rings. The van der Waals surface area contributed by atoms with Gasteiger partial charge in [0.05, 0.1) is 0 Å². The number of carbonyl (C=O) groups is 1. The molecule has 1 aliphatic heterocycles. The molecule has 2 rings (SSSR count). The number of aromatic carboxylic acids is 1. The Hall–Kier alpha value is -1.38. The Labute approximate surface area is 124 Å². The molecule has 21 heavy (non-hydrogen) atoms. The van der Waals surface area contributed by atoms with Gasteiger partial charge >= 0.3 is 5.97 Å². The van der Waals surface area contributed by atoms with Gasteiger partial charge in [0.25, 0.3) is 0 Å². The van der Waals surface area contributed by atoms with Crippen LogP contribution >= 0.6 is 0 Å². The summed E-state index contributed by atoms with van der Waals surface area (Å²) in [6.07, 6.45) is 1.73. The van der Waals surface area contributed by atoms with E-state index in [0.717, 1.165) is 19.4 Å². The lowest BCUT2D eigenvalue weighted by Crippen LogP contribution is -2.46. The third-order valence-electron chi connectivity index (χ3n) is 3.80. The van der Waals surface area contributed by atoms with E-state index >= 15 is 0 Å². The fourth-order valence-electron chi connectivity index (χ4n) is 2.89. The maximum Gasteiger partial charge on any atom is 0.352 e. The molecule has 8 heteroatoms. The molecule has 7 nitrogen and oxygen atoms in total. The predicted molar refractivity (Wildman–Crippen MR) is 78.1 cm³/mol. The third-order valence-corrected chi connectivity index (χ3v) is 5.59. The number of carboxylic acid groups (broad SMARTS) is 1. The lowest BCUT2D eigenvalue weighted by Gasteiger charge is -2.30. The molecule has 1 aromatic rings. The SMILES string of the molecule is Cc1[nH]c(C(=O)O)c(C)c1S(=O)(=O)NC1CCCN(C)C1. The molecule has 0 bridgehead atoms. The molecule has 1 saturated heterocycles. The number of carboxylic acids is 1. The van der Waals surface area contributed by atoms with Crippen LogP contribution in [-0.4, -0.2) is 55.6 Å². The van der Waals surface area contributed by atoms with Gasteiger partial charge in [0.1, 0.15) is 10.6 Å². The number of H-pyrrole nitrogens is 1. The zero-order valence-electron chi connectivity index (χ0n) is 12.4. The van der Waals surface area contributed by atoms with Crippen molar-refractivity contribution in [3.63, 3.8) is 0 Å². The second-order valence-electron chi connectivity index (χ2n) is 5.61. The molecular formula is C13H21N3O4S. The van der Waals surface area contributed by atoms with Crippen molar-refractivity contribution < 1.29 is 18.3 Å². The predicted octanol–water partition coefficient (Wildman–Crippen LogP) is 0.702. The largest absolute Gasteiger partial charge is 0.477 e. The smallest absolute Gasteiger partial charge is 0.352 e. The van der Waals surface area contributed by atoms with E-state index in [-0.39, 0.29) is 22.2 Å². The molecular weight excluding hydrogens is 294 g/mol. The fraction of sp³-hybridized carbons (Fsp3) is 0.615. The van der Waals surface area contributed by atoms with Gasteiger partial charge in [-0.25, -0.2) is 17.9 Å². The highest BCUT2D eigenvalue weighted by Gasteiger charge is 2.29. The number of hydrogen-bond donors (Lipinski definition) is 3. The zero-order chi connectivity index (χ0) is 15.8. The fourth-order valence-corrected chi connectivity index (χ4v) is 4.60. The minimum atomic E-state index is -3.73. The van der Waals surface area contributed by atoms with Gasteiger partial charge in [0.15, 0.2) is 0 Å². The van der Waals surface area contributed by atoms with Crippen LogP contribution in [0.1, 0.15) is 34.6 Å². The van der Waals surface area contributed by atoms with E-state index in [1.807, 2.05) is 7.05 Å². The second-order valence-corrected chi connectivity index (χ2v) is 7.26. The summed E-state index contributed by atoms with van der Waals surface area (Å²) >= 11 is 0. The van der Waals surface area contributed by atoms with E-state index in [0.29, 0.717) is 12.2 Å². The number of likely N-dealkylation sites (N-methyl/N-ethyl adjacent to an activating group) is 1. The molecule has 1 fully saturated rings. The Morgan fingerprint density at radius 3 is 2.62 bits per heavy atom. The number of nitrogens with one attached hydrogen (secondary N) is 2. The highest BCUT2D eigenvalue weighted by molar-refractivity contribution is 7.89. The van der Waals surface area contributed by atoms with E-state index in [1.165, 1.54) is 6.92 Å². The number of sulfonamides is 1. The molecule has 2 heterocycles. The van der Waals surface area contributed by atoms with E-state index in [4.69, 9.17) is 5.11 Å². The van der Waals surface area contributed by atoms with Crippen LogP contribution in [0.15, 0.2) is 4.90 Å². The van der Waals surface area contributed by atoms with Crippen LogP contribution in [0.2, 0.25) is 0 Å². The van der Waals surface area contributed by atoms with Gasteiger partial charge in [0.2, 0.25) is 10.0 Å². The number of likely N-dealkylation sites (tertiary alicyclic amines) is 1. The summed E-state index contributed by atoms with van der Waals surface area (Å²) in [4.78, 5) is 15.9. The van der Waals surface area contributed by atoms with Crippen molar-refractivity contribution in [1.82, 2.24) is 14.6 Å². The standard InChI is InChI=1S/C13H21N3O4S/c1-8-11(13(17)18)14-9(2)12(8)21(19,20)15-10-5-4-6-16(3)7-10/h10,14-15H,4-7H2,1-3H3,(H,17,18). The summed E-state index contributed by atoms with van der Waals surface area (Å²) in [5.41, 5.74) is 0.520. The Bertz CT molecular complexity index is 651. The molecule has 118 valence electrons. The summed E-state index contributed by atoms with van der Waals surface area (Å²) in [7, 11) is -1.77. The van der Waals surface area contributed by atoms with Crippen molar-refractivity contribution in [2.24, 2.45) is 0 Å². The zero-order valence-corrected chi connectivity index (χ0v) is 13.2. The van der Waals surface area contributed by atoms with Crippen LogP contribution in [0.3, 0.4) is 0 Å². The van der Waals surface area contributed by atoms with Crippen LogP contribution in [0.25, 0.3) is 0 Å². The van der Waals surface area contributed by atoms with Crippen molar-refractivity contribution in [3.8, 4) is 0 Å². The van der Waals surface area contributed by atoms with Crippen molar-refractivity contribution in [1.29, 1.82) is 0 Å². The minimum absolute atomic E-state index is 0.0492. The maximum atomic E-state index is 12.5. The van der Waals surface area contributed by atoms with E-state index in [1.54, 1.807) is 6.92 Å². The van der Waals surface area contributed by atoms with Gasteiger partial charge in [-0.3, -0.25) is 0 Å². The molecule has 0 aliphatic carbocycles. The monoisotopic (exact) mass is 315 g/mol. The minimum Gasteiger partial charge on any atom is -0.477 e. The highest BCUT2D eigenvalue weighted by atomic mass is 32.2. The summed E-state index contributed by atoms with van der Waals surface area (Å²) in [6, 6.07) is -0.143. The summed E-state index contributed by atoms with van der Waals surface area (Å²) in [6.45, 7) is 4.70. The van der Waals surface area contributed by atoms with Crippen molar-refractivity contribution in [2.45, 2.75) is 37.6 Å². The summed E-state index contributed by atoms with van der Waals surface area (Å²) < 4.78 is 27.8. The maximum absolute atomic E-state index is 12.5.